The Morgan fingerprint density at radius 3 is 1.77 bits per heavy atom. The number of hydrogen-bond acceptors (Lipinski definition) is 3. The van der Waals surface area contributed by atoms with Gasteiger partial charge in [-0.15, -0.1) is 0 Å². The molecule has 1 rings (SSSR count). The minimum atomic E-state index is -5.55. The highest BCUT2D eigenvalue weighted by Gasteiger charge is 2.44. The van der Waals surface area contributed by atoms with E-state index in [1.165, 1.54) is 0 Å². The van der Waals surface area contributed by atoms with Crippen LogP contribution in [0.25, 0.3) is 0 Å². The van der Waals surface area contributed by atoms with Crippen LogP contribution in [0.1, 0.15) is 15.9 Å². The molecular weight excluding hydrogens is 326 g/mol. The molecule has 1 aromatic carbocycles. The van der Waals surface area contributed by atoms with Crippen LogP contribution in [0, 0.1) is 23.4 Å². The maximum atomic E-state index is 13.5. The first-order chi connectivity index (χ1) is 9.89. The fourth-order valence-corrected chi connectivity index (χ4v) is 1.53. The summed E-state index contributed by atoms with van der Waals surface area (Å²) in [6.45, 7) is 0. The minimum Gasteiger partial charge on any atom is -0.480 e. The van der Waals surface area contributed by atoms with Gasteiger partial charge in [-0.25, -0.2) is 13.2 Å². The monoisotopic (exact) mass is 330 g/mol. The van der Waals surface area contributed by atoms with Crippen molar-refractivity contribution in [2.24, 2.45) is 5.92 Å². The second kappa shape index (κ2) is 5.66. The number of carboxylic acid groups (broad SMARTS) is 2. The molecule has 0 heterocycles. The molecule has 0 radical (unpaired) electrons. The van der Waals surface area contributed by atoms with Gasteiger partial charge in [0.1, 0.15) is 0 Å². The van der Waals surface area contributed by atoms with E-state index in [1.807, 2.05) is 0 Å². The fraction of sp³-hybridized carbons (Fsp3) is 0.182. The first-order valence-corrected chi connectivity index (χ1v) is 5.14. The molecule has 0 aliphatic heterocycles. The number of alkyl halides is 3. The van der Waals surface area contributed by atoms with E-state index < -0.39 is 64.5 Å². The summed E-state index contributed by atoms with van der Waals surface area (Å²) in [6, 6.07) is -0.563. The zero-order valence-corrected chi connectivity index (χ0v) is 10.0. The number of ketones is 1. The maximum absolute atomic E-state index is 13.5. The molecule has 11 heteroatoms. The lowest BCUT2D eigenvalue weighted by Gasteiger charge is -2.15. The highest BCUT2D eigenvalue weighted by atomic mass is 19.4. The van der Waals surface area contributed by atoms with Crippen LogP contribution < -0.4 is 0 Å². The van der Waals surface area contributed by atoms with Crippen LogP contribution in [0.2, 0.25) is 0 Å². The van der Waals surface area contributed by atoms with Gasteiger partial charge in [-0.3, -0.25) is 14.4 Å². The van der Waals surface area contributed by atoms with Crippen molar-refractivity contribution in [1.29, 1.82) is 0 Å². The van der Waals surface area contributed by atoms with Crippen LogP contribution >= 0.6 is 0 Å². The second-order valence-corrected chi connectivity index (χ2v) is 3.88. The third-order valence-corrected chi connectivity index (χ3v) is 2.47. The van der Waals surface area contributed by atoms with E-state index in [2.05, 4.69) is 0 Å². The van der Waals surface area contributed by atoms with Gasteiger partial charge in [0.15, 0.2) is 23.2 Å². The van der Waals surface area contributed by atoms with Crippen LogP contribution in [-0.4, -0.2) is 27.9 Å². The van der Waals surface area contributed by atoms with Crippen LogP contribution in [0.5, 0.6) is 0 Å². The number of rotatable bonds is 4. The summed E-state index contributed by atoms with van der Waals surface area (Å²) < 4.78 is 77.4. The molecule has 22 heavy (non-hydrogen) atoms. The molecular formula is C11H4F6O5. The van der Waals surface area contributed by atoms with E-state index in [0.717, 1.165) is 0 Å². The zero-order chi connectivity index (χ0) is 17.4. The molecule has 5 nitrogen and oxygen atoms in total. The molecule has 0 aliphatic carbocycles. The lowest BCUT2D eigenvalue weighted by atomic mass is 9.93. The first kappa shape index (κ1) is 17.5. The van der Waals surface area contributed by atoms with Crippen LogP contribution in [0.15, 0.2) is 6.07 Å². The molecule has 0 unspecified atom stereocenters. The van der Waals surface area contributed by atoms with E-state index in [1.54, 1.807) is 0 Å². The average molecular weight is 330 g/mol. The molecule has 2 N–H and O–H groups in total. The largest absolute Gasteiger partial charge is 0.480 e. The van der Waals surface area contributed by atoms with Crippen molar-refractivity contribution < 1.29 is 50.9 Å². The van der Waals surface area contributed by atoms with Gasteiger partial charge in [-0.05, 0) is 6.07 Å². The van der Waals surface area contributed by atoms with Gasteiger partial charge in [-0.2, -0.15) is 13.2 Å². The molecule has 0 aromatic heterocycles. The molecule has 0 aliphatic rings. The molecule has 0 bridgehead atoms. The molecule has 0 fully saturated rings. The minimum absolute atomic E-state index is 0.563. The number of carbonyl (C=O) groups is 3. The predicted octanol–water partition coefficient (Wildman–Crippen LogP) is 2.09. The average Bonchev–Trinajstić information content (AvgIpc) is 2.33. The Balaban J connectivity index is 3.72. The zero-order valence-electron chi connectivity index (χ0n) is 10.0. The fourth-order valence-electron chi connectivity index (χ4n) is 1.53. The Labute approximate surface area is 116 Å². The van der Waals surface area contributed by atoms with Gasteiger partial charge in [0.05, 0.1) is 11.1 Å². The van der Waals surface area contributed by atoms with Gasteiger partial charge < -0.3 is 10.2 Å². The van der Waals surface area contributed by atoms with Crippen molar-refractivity contribution in [3.05, 3.63) is 34.6 Å². The Morgan fingerprint density at radius 2 is 1.41 bits per heavy atom. The van der Waals surface area contributed by atoms with Gasteiger partial charge in [0, 0.05) is 0 Å². The summed E-state index contributed by atoms with van der Waals surface area (Å²) in [7, 11) is 0. The summed E-state index contributed by atoms with van der Waals surface area (Å²) in [5.74, 6) is -17.6. The van der Waals surface area contributed by atoms with E-state index in [4.69, 9.17) is 10.2 Å². The lowest BCUT2D eigenvalue weighted by Crippen LogP contribution is -2.34. The molecule has 0 amide bonds. The molecule has 1 aromatic rings. The number of benzene rings is 1. The molecule has 0 saturated heterocycles. The third kappa shape index (κ3) is 3.02. The highest BCUT2D eigenvalue weighted by Crippen LogP contribution is 2.36. The summed E-state index contributed by atoms with van der Waals surface area (Å²) in [5, 5.41) is 17.0. The Kier molecular flexibility index (Phi) is 4.49. The molecule has 0 atom stereocenters. The summed E-state index contributed by atoms with van der Waals surface area (Å²) in [6.07, 6.45) is -5.55. The summed E-state index contributed by atoms with van der Waals surface area (Å²) >= 11 is 0. The Hall–Kier alpha value is -2.59. The molecule has 120 valence electrons. The number of carbonyl (C=O) groups excluding carboxylic acids is 1. The van der Waals surface area contributed by atoms with Crippen LogP contribution in [0.4, 0.5) is 26.3 Å². The predicted molar refractivity (Wildman–Crippen MR) is 54.4 cm³/mol. The number of hydrogen-bond donors (Lipinski definition) is 2. The lowest BCUT2D eigenvalue weighted by molar-refractivity contribution is -0.152. The van der Waals surface area contributed by atoms with Gasteiger partial charge >= 0.3 is 18.1 Å². The number of Topliss-reactive ketones (excluding diaryl/α,β-unsaturated/α-hetero) is 1. The van der Waals surface area contributed by atoms with E-state index in [-0.39, 0.29) is 0 Å². The third-order valence-electron chi connectivity index (χ3n) is 2.47. The first-order valence-electron chi connectivity index (χ1n) is 5.14. The molecule has 0 saturated carbocycles. The smallest absolute Gasteiger partial charge is 0.417 e. The number of aliphatic carboxylic acids is 2. The topological polar surface area (TPSA) is 91.7 Å². The van der Waals surface area contributed by atoms with E-state index in [0.29, 0.717) is 0 Å². The van der Waals surface area contributed by atoms with Crippen LogP contribution in [0.3, 0.4) is 0 Å². The number of halogens is 6. The Bertz CT molecular complexity index is 652. The quantitative estimate of drug-likeness (QED) is 0.382. The van der Waals surface area contributed by atoms with Crippen LogP contribution in [-0.2, 0) is 15.8 Å². The Morgan fingerprint density at radius 1 is 0.955 bits per heavy atom. The van der Waals surface area contributed by atoms with Crippen molar-refractivity contribution >= 4 is 17.7 Å². The van der Waals surface area contributed by atoms with E-state index in [9.17, 15) is 40.7 Å². The summed E-state index contributed by atoms with van der Waals surface area (Å²) in [5.41, 5.74) is -4.51. The molecule has 0 spiro atoms. The highest BCUT2D eigenvalue weighted by molar-refractivity contribution is 6.20. The van der Waals surface area contributed by atoms with Crippen molar-refractivity contribution in [2.75, 3.05) is 0 Å². The van der Waals surface area contributed by atoms with Crippen molar-refractivity contribution in [1.82, 2.24) is 0 Å². The van der Waals surface area contributed by atoms with Gasteiger partial charge in [-0.1, -0.05) is 0 Å². The SMILES string of the molecule is O=C(O)C(C(=O)O)C(=O)c1c(C(F)(F)F)cc(F)c(F)c1F. The maximum Gasteiger partial charge on any atom is 0.417 e. The summed E-state index contributed by atoms with van der Waals surface area (Å²) in [4.78, 5) is 32.8. The van der Waals surface area contributed by atoms with Crippen molar-refractivity contribution in [3.63, 3.8) is 0 Å². The van der Waals surface area contributed by atoms with Gasteiger partial charge in [0.2, 0.25) is 5.92 Å². The normalized spacial score (nSPS) is 11.6. The number of carboxylic acids is 2. The second-order valence-electron chi connectivity index (χ2n) is 3.88. The van der Waals surface area contributed by atoms with E-state index >= 15 is 0 Å². The van der Waals surface area contributed by atoms with Gasteiger partial charge in [0.25, 0.3) is 0 Å². The van der Waals surface area contributed by atoms with Crippen molar-refractivity contribution in [3.8, 4) is 0 Å². The van der Waals surface area contributed by atoms with Crippen molar-refractivity contribution in [2.45, 2.75) is 6.18 Å². The standard InChI is InChI=1S/C11H4F6O5/c12-3-1-2(11(15,16)17)4(7(14)6(3)13)8(18)5(9(19)20)10(21)22/h1,5H,(H,19,20)(H,21,22).